The largest absolute Gasteiger partial charge is 0.497 e. The number of esters is 1. The molecular weight excluding hydrogens is 342 g/mol. The van der Waals surface area contributed by atoms with E-state index >= 15 is 0 Å². The van der Waals surface area contributed by atoms with Crippen LogP contribution >= 0.6 is 0 Å². The molecule has 0 saturated carbocycles. The van der Waals surface area contributed by atoms with Gasteiger partial charge in [-0.15, -0.1) is 0 Å². The van der Waals surface area contributed by atoms with Crippen molar-refractivity contribution in [3.05, 3.63) is 24.3 Å². The zero-order valence-electron chi connectivity index (χ0n) is 15.8. The summed E-state index contributed by atoms with van der Waals surface area (Å²) in [4.78, 5) is 23.7. The molecular formula is C18H27NO7. The number of methoxy groups -OCH3 is 2. The molecule has 1 aromatic carbocycles. The average molecular weight is 369 g/mol. The highest BCUT2D eigenvalue weighted by Gasteiger charge is 2.31. The number of aliphatic hydroxyl groups excluding tert-OH is 1. The van der Waals surface area contributed by atoms with E-state index in [4.69, 9.17) is 14.2 Å². The molecule has 0 aromatic heterocycles. The number of benzene rings is 1. The lowest BCUT2D eigenvalue weighted by Crippen LogP contribution is -2.51. The summed E-state index contributed by atoms with van der Waals surface area (Å²) in [5, 5.41) is 12.6. The van der Waals surface area contributed by atoms with Crippen LogP contribution < -0.4 is 14.8 Å². The molecule has 0 radical (unpaired) electrons. The number of amides is 1. The predicted molar refractivity (Wildman–Crippen MR) is 94.3 cm³/mol. The lowest BCUT2D eigenvalue weighted by atomic mass is 10.1. The minimum absolute atomic E-state index is 0.0988. The van der Waals surface area contributed by atoms with E-state index in [0.29, 0.717) is 11.5 Å². The molecule has 8 nitrogen and oxygen atoms in total. The van der Waals surface area contributed by atoms with Crippen molar-refractivity contribution in [2.24, 2.45) is 0 Å². The van der Waals surface area contributed by atoms with Gasteiger partial charge in [0.15, 0.2) is 6.04 Å². The van der Waals surface area contributed by atoms with Gasteiger partial charge in [-0.3, -0.25) is 0 Å². The van der Waals surface area contributed by atoms with Gasteiger partial charge in [0, 0.05) is 6.42 Å². The molecule has 0 aliphatic carbocycles. The third kappa shape index (κ3) is 7.60. The van der Waals surface area contributed by atoms with Crippen LogP contribution in [0.4, 0.5) is 4.79 Å². The molecule has 2 atom stereocenters. The second-order valence-electron chi connectivity index (χ2n) is 6.53. The molecule has 0 unspecified atom stereocenters. The number of aliphatic hydroxyl groups is 1. The van der Waals surface area contributed by atoms with E-state index in [1.54, 1.807) is 52.1 Å². The quantitative estimate of drug-likeness (QED) is 0.675. The summed E-state index contributed by atoms with van der Waals surface area (Å²) in [5.74, 6) is 0.519. The Morgan fingerprint density at radius 2 is 1.69 bits per heavy atom. The lowest BCUT2D eigenvalue weighted by molar-refractivity contribution is -0.146. The summed E-state index contributed by atoms with van der Waals surface area (Å²) >= 11 is 0. The van der Waals surface area contributed by atoms with Crippen molar-refractivity contribution in [2.45, 2.75) is 44.9 Å². The lowest BCUT2D eigenvalue weighted by Gasteiger charge is -2.25. The second kappa shape index (κ2) is 9.86. The second-order valence-corrected chi connectivity index (χ2v) is 6.53. The number of alkyl carbamates (subject to hydrolysis) is 1. The first kappa shape index (κ1) is 21.6. The van der Waals surface area contributed by atoms with Gasteiger partial charge >= 0.3 is 12.1 Å². The SMILES string of the molecule is COC(=O)[C@@H](NC(=O)OC(C)(C)C)[C@H](O)CCOc1ccc(OC)cc1. The Morgan fingerprint density at radius 1 is 1.12 bits per heavy atom. The topological polar surface area (TPSA) is 103 Å². The van der Waals surface area contributed by atoms with Crippen LogP contribution in [0.1, 0.15) is 27.2 Å². The van der Waals surface area contributed by atoms with Crippen LogP contribution in [0.3, 0.4) is 0 Å². The average Bonchev–Trinajstić information content (AvgIpc) is 2.58. The Kier molecular flexibility index (Phi) is 8.18. The van der Waals surface area contributed by atoms with Gasteiger partial charge < -0.3 is 29.4 Å². The maximum atomic E-state index is 11.9. The predicted octanol–water partition coefficient (Wildman–Crippen LogP) is 1.89. The van der Waals surface area contributed by atoms with E-state index in [0.717, 1.165) is 0 Å². The van der Waals surface area contributed by atoms with Gasteiger partial charge in [0.05, 0.1) is 26.9 Å². The summed E-state index contributed by atoms with van der Waals surface area (Å²) in [6.45, 7) is 5.22. The van der Waals surface area contributed by atoms with Crippen LogP contribution in [0.15, 0.2) is 24.3 Å². The number of hydrogen-bond acceptors (Lipinski definition) is 7. The van der Waals surface area contributed by atoms with E-state index in [1.807, 2.05) is 0 Å². The molecule has 0 aliphatic heterocycles. The first-order valence-corrected chi connectivity index (χ1v) is 8.18. The summed E-state index contributed by atoms with van der Waals surface area (Å²) < 4.78 is 20.3. The molecule has 1 aromatic rings. The van der Waals surface area contributed by atoms with Crippen LogP contribution in [0, 0.1) is 0 Å². The third-order valence-electron chi connectivity index (χ3n) is 3.25. The molecule has 0 aliphatic rings. The number of ether oxygens (including phenoxy) is 4. The Morgan fingerprint density at radius 3 is 2.19 bits per heavy atom. The molecule has 8 heteroatoms. The molecule has 0 spiro atoms. The third-order valence-corrected chi connectivity index (χ3v) is 3.25. The summed E-state index contributed by atoms with van der Waals surface area (Å²) in [5.41, 5.74) is -0.729. The monoisotopic (exact) mass is 369 g/mol. The molecule has 2 N–H and O–H groups in total. The smallest absolute Gasteiger partial charge is 0.408 e. The highest BCUT2D eigenvalue weighted by molar-refractivity contribution is 5.82. The first-order chi connectivity index (χ1) is 12.2. The van der Waals surface area contributed by atoms with Crippen LogP contribution in [-0.4, -0.2) is 55.7 Å². The highest BCUT2D eigenvalue weighted by atomic mass is 16.6. The fourth-order valence-corrected chi connectivity index (χ4v) is 2.01. The van der Waals surface area contributed by atoms with Crippen molar-refractivity contribution in [2.75, 3.05) is 20.8 Å². The molecule has 1 amide bonds. The van der Waals surface area contributed by atoms with Gasteiger partial charge in [0.2, 0.25) is 0 Å². The molecule has 0 saturated heterocycles. The fraction of sp³-hybridized carbons (Fsp3) is 0.556. The Bertz CT molecular complexity index is 580. The number of carbonyl (C=O) groups excluding carboxylic acids is 2. The van der Waals surface area contributed by atoms with E-state index in [9.17, 15) is 14.7 Å². The Balaban J connectivity index is 2.57. The molecule has 26 heavy (non-hydrogen) atoms. The van der Waals surface area contributed by atoms with Crippen LogP contribution in [0.25, 0.3) is 0 Å². The summed E-state index contributed by atoms with van der Waals surface area (Å²) in [7, 11) is 2.74. The van der Waals surface area contributed by atoms with Gasteiger partial charge in [-0.05, 0) is 45.0 Å². The van der Waals surface area contributed by atoms with Crippen molar-refractivity contribution in [3.63, 3.8) is 0 Å². The van der Waals surface area contributed by atoms with Gasteiger partial charge in [-0.25, -0.2) is 9.59 Å². The number of carbonyl (C=O) groups is 2. The minimum atomic E-state index is -1.26. The number of nitrogens with one attached hydrogen (secondary N) is 1. The van der Waals surface area contributed by atoms with Crippen molar-refractivity contribution in [1.82, 2.24) is 5.32 Å². The van der Waals surface area contributed by atoms with E-state index < -0.39 is 29.8 Å². The first-order valence-electron chi connectivity index (χ1n) is 8.18. The molecule has 0 heterocycles. The van der Waals surface area contributed by atoms with Gasteiger partial charge in [-0.2, -0.15) is 0 Å². The van der Waals surface area contributed by atoms with Crippen molar-refractivity contribution >= 4 is 12.1 Å². The van der Waals surface area contributed by atoms with E-state index in [2.05, 4.69) is 10.1 Å². The Labute approximate surface area is 153 Å². The van der Waals surface area contributed by atoms with Crippen LogP contribution in [0.5, 0.6) is 11.5 Å². The van der Waals surface area contributed by atoms with Crippen LogP contribution in [0.2, 0.25) is 0 Å². The van der Waals surface area contributed by atoms with Crippen molar-refractivity contribution in [3.8, 4) is 11.5 Å². The standard InChI is InChI=1S/C18H27NO7/c1-18(2,3)26-17(22)19-15(16(21)24-5)14(20)10-11-25-13-8-6-12(23-4)7-9-13/h6-9,14-15,20H,10-11H2,1-5H3,(H,19,22)/t14-,15+/m1/s1. The van der Waals surface area contributed by atoms with Crippen LogP contribution in [-0.2, 0) is 14.3 Å². The van der Waals surface area contributed by atoms with E-state index in [-0.39, 0.29) is 13.0 Å². The summed E-state index contributed by atoms with van der Waals surface area (Å²) in [6, 6.07) is 5.68. The molecule has 1 rings (SSSR count). The van der Waals surface area contributed by atoms with Crippen molar-refractivity contribution in [1.29, 1.82) is 0 Å². The Hall–Kier alpha value is -2.48. The molecule has 0 bridgehead atoms. The van der Waals surface area contributed by atoms with E-state index in [1.165, 1.54) is 7.11 Å². The number of hydrogen-bond donors (Lipinski definition) is 2. The number of rotatable bonds is 8. The maximum absolute atomic E-state index is 11.9. The van der Waals surface area contributed by atoms with Crippen molar-refractivity contribution < 1.29 is 33.6 Å². The molecule has 146 valence electrons. The maximum Gasteiger partial charge on any atom is 0.408 e. The summed E-state index contributed by atoms with van der Waals surface area (Å²) in [6.07, 6.45) is -1.92. The zero-order valence-corrected chi connectivity index (χ0v) is 15.8. The highest BCUT2D eigenvalue weighted by Crippen LogP contribution is 2.17. The van der Waals surface area contributed by atoms with Gasteiger partial charge in [-0.1, -0.05) is 0 Å². The fourth-order valence-electron chi connectivity index (χ4n) is 2.01. The normalized spacial score (nSPS) is 13.3. The van der Waals surface area contributed by atoms with Gasteiger partial charge in [0.25, 0.3) is 0 Å². The van der Waals surface area contributed by atoms with Gasteiger partial charge in [0.1, 0.15) is 17.1 Å². The minimum Gasteiger partial charge on any atom is -0.497 e. The zero-order chi connectivity index (χ0) is 19.7. The molecule has 0 fully saturated rings.